The lowest BCUT2D eigenvalue weighted by Crippen LogP contribution is -2.36. The second-order valence-electron chi connectivity index (χ2n) is 6.21. The summed E-state index contributed by atoms with van der Waals surface area (Å²) in [5.41, 5.74) is 3.15. The summed E-state index contributed by atoms with van der Waals surface area (Å²) in [6, 6.07) is 16.0. The van der Waals surface area contributed by atoms with Gasteiger partial charge in [-0.3, -0.25) is 0 Å². The summed E-state index contributed by atoms with van der Waals surface area (Å²) in [6.07, 6.45) is 3.73. The van der Waals surface area contributed by atoms with Crippen LogP contribution in [0.3, 0.4) is 0 Å². The number of anilines is 1. The molecule has 1 saturated heterocycles. The number of methoxy groups -OCH3 is 1. The Balaban J connectivity index is 1.44. The fraction of sp³-hybridized carbons (Fsp3) is 0.238. The molecular formula is C21H21N3O3. The minimum absolute atomic E-state index is 0.470. The minimum Gasteiger partial charge on any atom is -0.497 e. The van der Waals surface area contributed by atoms with E-state index in [4.69, 9.17) is 14.0 Å². The molecule has 3 aromatic rings. The van der Waals surface area contributed by atoms with E-state index < -0.39 is 0 Å². The van der Waals surface area contributed by atoms with Crippen molar-refractivity contribution in [1.82, 2.24) is 10.1 Å². The molecule has 1 aliphatic rings. The van der Waals surface area contributed by atoms with Gasteiger partial charge in [-0.2, -0.15) is 4.98 Å². The van der Waals surface area contributed by atoms with E-state index in [0.717, 1.165) is 43.2 Å². The maximum absolute atomic E-state index is 5.40. The number of nitrogens with zero attached hydrogens (tertiary/aromatic N) is 3. The van der Waals surface area contributed by atoms with Crippen LogP contribution in [-0.2, 0) is 4.74 Å². The van der Waals surface area contributed by atoms with Crippen molar-refractivity contribution in [2.45, 2.75) is 0 Å². The van der Waals surface area contributed by atoms with Crippen molar-refractivity contribution in [3.8, 4) is 17.1 Å². The third-order valence-corrected chi connectivity index (χ3v) is 4.48. The molecule has 6 heteroatoms. The second-order valence-corrected chi connectivity index (χ2v) is 6.21. The Morgan fingerprint density at radius 1 is 0.963 bits per heavy atom. The van der Waals surface area contributed by atoms with Crippen LogP contribution < -0.4 is 9.64 Å². The van der Waals surface area contributed by atoms with E-state index in [1.165, 1.54) is 5.69 Å². The summed E-state index contributed by atoms with van der Waals surface area (Å²) in [7, 11) is 1.65. The predicted molar refractivity (Wildman–Crippen MR) is 105 cm³/mol. The Kier molecular flexibility index (Phi) is 5.16. The summed E-state index contributed by atoms with van der Waals surface area (Å²) >= 11 is 0. The first-order chi connectivity index (χ1) is 13.3. The molecule has 27 heavy (non-hydrogen) atoms. The van der Waals surface area contributed by atoms with Gasteiger partial charge in [0, 0.05) is 30.4 Å². The van der Waals surface area contributed by atoms with E-state index in [2.05, 4.69) is 27.2 Å². The van der Waals surface area contributed by atoms with Gasteiger partial charge in [-0.15, -0.1) is 0 Å². The molecule has 0 amide bonds. The number of aromatic nitrogens is 2. The Morgan fingerprint density at radius 3 is 2.41 bits per heavy atom. The van der Waals surface area contributed by atoms with E-state index >= 15 is 0 Å². The molecule has 1 aliphatic heterocycles. The molecule has 0 saturated carbocycles. The van der Waals surface area contributed by atoms with Gasteiger partial charge in [0.05, 0.1) is 20.3 Å². The van der Waals surface area contributed by atoms with Gasteiger partial charge < -0.3 is 18.9 Å². The summed E-state index contributed by atoms with van der Waals surface area (Å²) in [5.74, 6) is 1.88. The van der Waals surface area contributed by atoms with Crippen molar-refractivity contribution in [3.63, 3.8) is 0 Å². The molecule has 2 heterocycles. The van der Waals surface area contributed by atoms with Gasteiger partial charge in [-0.05, 0) is 48.0 Å². The molecule has 0 N–H and O–H groups in total. The zero-order chi connectivity index (χ0) is 18.5. The van der Waals surface area contributed by atoms with E-state index in [-0.39, 0.29) is 0 Å². The molecule has 4 rings (SSSR count). The Bertz CT molecular complexity index is 895. The Morgan fingerprint density at radius 2 is 1.70 bits per heavy atom. The highest BCUT2D eigenvalue weighted by Crippen LogP contribution is 2.22. The van der Waals surface area contributed by atoms with Crippen LogP contribution in [0.4, 0.5) is 5.69 Å². The maximum atomic E-state index is 5.40. The van der Waals surface area contributed by atoms with Crippen LogP contribution in [0.1, 0.15) is 11.5 Å². The number of rotatable bonds is 5. The fourth-order valence-electron chi connectivity index (χ4n) is 2.95. The normalized spacial score (nSPS) is 14.6. The van der Waals surface area contributed by atoms with E-state index in [9.17, 15) is 0 Å². The molecule has 0 unspecified atom stereocenters. The topological polar surface area (TPSA) is 60.6 Å². The van der Waals surface area contributed by atoms with Crippen LogP contribution in [0, 0.1) is 0 Å². The van der Waals surface area contributed by atoms with Crippen molar-refractivity contribution < 1.29 is 14.0 Å². The van der Waals surface area contributed by atoms with Crippen LogP contribution in [0.15, 0.2) is 53.1 Å². The van der Waals surface area contributed by atoms with Gasteiger partial charge in [0.1, 0.15) is 5.75 Å². The molecule has 0 aliphatic carbocycles. The summed E-state index contributed by atoms with van der Waals surface area (Å²) < 4.78 is 15.9. The maximum Gasteiger partial charge on any atom is 0.250 e. The standard InChI is InChI=1S/C21H21N3O3/c1-25-19-9-2-16(3-10-19)4-11-20-22-21(23-27-20)17-5-7-18(8-6-17)24-12-14-26-15-13-24/h2-11H,12-15H2,1H3. The van der Waals surface area contributed by atoms with Crippen molar-refractivity contribution in [3.05, 3.63) is 60.0 Å². The molecule has 1 aromatic heterocycles. The van der Waals surface area contributed by atoms with Crippen LogP contribution in [0.25, 0.3) is 23.5 Å². The van der Waals surface area contributed by atoms with Gasteiger partial charge in [-0.25, -0.2) is 0 Å². The van der Waals surface area contributed by atoms with Crippen LogP contribution in [0.5, 0.6) is 5.75 Å². The predicted octanol–water partition coefficient (Wildman–Crippen LogP) is 3.75. The van der Waals surface area contributed by atoms with Crippen molar-refractivity contribution >= 4 is 17.8 Å². The molecule has 0 spiro atoms. The smallest absolute Gasteiger partial charge is 0.250 e. The first-order valence-electron chi connectivity index (χ1n) is 8.91. The minimum atomic E-state index is 0.470. The fourth-order valence-corrected chi connectivity index (χ4v) is 2.95. The first kappa shape index (κ1) is 17.3. The lowest BCUT2D eigenvalue weighted by molar-refractivity contribution is 0.122. The average molecular weight is 363 g/mol. The average Bonchev–Trinajstić information content (AvgIpc) is 3.22. The van der Waals surface area contributed by atoms with Crippen LogP contribution >= 0.6 is 0 Å². The highest BCUT2D eigenvalue weighted by molar-refractivity contribution is 5.67. The molecule has 138 valence electrons. The Labute approximate surface area is 158 Å². The summed E-state index contributed by atoms with van der Waals surface area (Å²) in [6.45, 7) is 3.39. The third kappa shape index (κ3) is 4.17. The van der Waals surface area contributed by atoms with Crippen molar-refractivity contribution in [2.24, 2.45) is 0 Å². The number of hydrogen-bond donors (Lipinski definition) is 0. The molecule has 0 atom stereocenters. The SMILES string of the molecule is COc1ccc(C=Cc2nc(-c3ccc(N4CCOCC4)cc3)no2)cc1. The van der Waals surface area contributed by atoms with Crippen molar-refractivity contribution in [1.29, 1.82) is 0 Å². The van der Waals surface area contributed by atoms with Gasteiger partial charge in [0.25, 0.3) is 5.89 Å². The van der Waals surface area contributed by atoms with Crippen LogP contribution in [0.2, 0.25) is 0 Å². The molecule has 2 aromatic carbocycles. The molecular weight excluding hydrogens is 342 g/mol. The number of ether oxygens (including phenoxy) is 2. The van der Waals surface area contributed by atoms with E-state index in [1.807, 2.05) is 42.5 Å². The summed E-state index contributed by atoms with van der Waals surface area (Å²) in [4.78, 5) is 6.76. The largest absolute Gasteiger partial charge is 0.497 e. The Hall–Kier alpha value is -3.12. The highest BCUT2D eigenvalue weighted by atomic mass is 16.5. The van der Waals surface area contributed by atoms with Gasteiger partial charge in [0.15, 0.2) is 0 Å². The molecule has 6 nitrogen and oxygen atoms in total. The number of morpholine rings is 1. The van der Waals surface area contributed by atoms with E-state index in [0.29, 0.717) is 11.7 Å². The molecule has 0 bridgehead atoms. The first-order valence-corrected chi connectivity index (χ1v) is 8.91. The van der Waals surface area contributed by atoms with Gasteiger partial charge in [-0.1, -0.05) is 17.3 Å². The highest BCUT2D eigenvalue weighted by Gasteiger charge is 2.12. The summed E-state index contributed by atoms with van der Waals surface area (Å²) in [5, 5.41) is 4.08. The monoisotopic (exact) mass is 363 g/mol. The zero-order valence-corrected chi connectivity index (χ0v) is 15.2. The lowest BCUT2D eigenvalue weighted by Gasteiger charge is -2.28. The molecule has 1 fully saturated rings. The number of hydrogen-bond acceptors (Lipinski definition) is 6. The zero-order valence-electron chi connectivity index (χ0n) is 15.2. The third-order valence-electron chi connectivity index (χ3n) is 4.48. The number of benzene rings is 2. The molecule has 0 radical (unpaired) electrons. The van der Waals surface area contributed by atoms with Gasteiger partial charge in [0.2, 0.25) is 5.82 Å². The van der Waals surface area contributed by atoms with Gasteiger partial charge >= 0.3 is 0 Å². The quantitative estimate of drug-likeness (QED) is 0.688. The van der Waals surface area contributed by atoms with Crippen molar-refractivity contribution in [2.75, 3.05) is 38.3 Å². The van der Waals surface area contributed by atoms with E-state index in [1.54, 1.807) is 13.2 Å². The lowest BCUT2D eigenvalue weighted by atomic mass is 10.2. The second kappa shape index (κ2) is 8.05. The van der Waals surface area contributed by atoms with Crippen LogP contribution in [-0.4, -0.2) is 43.6 Å².